The van der Waals surface area contributed by atoms with E-state index in [0.29, 0.717) is 34.5 Å². The minimum atomic E-state index is -0.375. The SMILES string of the molecule is COC(=N)c1cc2nc(CN3CCC(Oc4ccnc(Cc5ccc(Cl)cc5F)n4)CC3)n(C[C@@H]3CCO3)c2cn1. The fourth-order valence-electron chi connectivity index (χ4n) is 5.18. The van der Waals surface area contributed by atoms with Gasteiger partial charge in [-0.15, -0.1) is 0 Å². The van der Waals surface area contributed by atoms with E-state index in [1.165, 1.54) is 13.2 Å². The second kappa shape index (κ2) is 12.1. The zero-order chi connectivity index (χ0) is 28.3. The van der Waals surface area contributed by atoms with Crippen molar-refractivity contribution in [2.24, 2.45) is 0 Å². The Bertz CT molecular complexity index is 1550. The highest BCUT2D eigenvalue weighted by atomic mass is 35.5. The number of fused-ring (bicyclic) bond motifs is 1. The summed E-state index contributed by atoms with van der Waals surface area (Å²) in [4.78, 5) is 20.5. The lowest BCUT2D eigenvalue weighted by Crippen LogP contribution is -2.39. The summed E-state index contributed by atoms with van der Waals surface area (Å²) in [6.07, 6.45) is 6.58. The molecular weight excluding hydrogens is 549 g/mol. The largest absolute Gasteiger partial charge is 0.480 e. The third-order valence-electron chi connectivity index (χ3n) is 7.56. The minimum absolute atomic E-state index is 0.0142. The third kappa shape index (κ3) is 6.32. The number of nitrogens with one attached hydrogen (secondary N) is 1. The van der Waals surface area contributed by atoms with E-state index in [-0.39, 0.29) is 30.3 Å². The van der Waals surface area contributed by atoms with Gasteiger partial charge in [-0.3, -0.25) is 10.3 Å². The van der Waals surface area contributed by atoms with Crippen LogP contribution < -0.4 is 4.74 Å². The smallest absolute Gasteiger partial charge is 0.232 e. The predicted molar refractivity (Wildman–Crippen MR) is 151 cm³/mol. The van der Waals surface area contributed by atoms with Crippen molar-refractivity contribution >= 4 is 28.5 Å². The fourth-order valence-corrected chi connectivity index (χ4v) is 5.34. The Kier molecular flexibility index (Phi) is 8.09. The summed E-state index contributed by atoms with van der Waals surface area (Å²) in [6, 6.07) is 8.15. The predicted octanol–water partition coefficient (Wildman–Crippen LogP) is 4.41. The molecule has 0 bridgehead atoms. The Hall–Kier alpha value is -3.67. The molecule has 0 saturated carbocycles. The van der Waals surface area contributed by atoms with Crippen LogP contribution in [-0.2, 0) is 29.0 Å². The Morgan fingerprint density at radius 2 is 1.98 bits per heavy atom. The van der Waals surface area contributed by atoms with E-state index in [4.69, 9.17) is 36.2 Å². The topological polar surface area (TPSA) is 111 Å². The van der Waals surface area contributed by atoms with E-state index in [1.54, 1.807) is 36.7 Å². The maximum absolute atomic E-state index is 14.2. The first-order valence-corrected chi connectivity index (χ1v) is 14.1. The number of aromatic nitrogens is 5. The number of benzene rings is 1. The van der Waals surface area contributed by atoms with E-state index >= 15 is 0 Å². The number of halogens is 2. The molecule has 1 aromatic carbocycles. The number of likely N-dealkylation sites (tertiary alicyclic amines) is 1. The molecule has 2 fully saturated rings. The quantitative estimate of drug-likeness (QED) is 0.229. The summed E-state index contributed by atoms with van der Waals surface area (Å²) in [5, 5.41) is 8.32. The van der Waals surface area contributed by atoms with Crippen LogP contribution in [0.1, 0.15) is 42.2 Å². The average molecular weight is 580 g/mol. The van der Waals surface area contributed by atoms with Crippen LogP contribution in [0.25, 0.3) is 11.0 Å². The Morgan fingerprint density at radius 1 is 1.15 bits per heavy atom. The maximum atomic E-state index is 14.2. The van der Waals surface area contributed by atoms with E-state index in [2.05, 4.69) is 24.4 Å². The molecule has 41 heavy (non-hydrogen) atoms. The molecule has 0 spiro atoms. The van der Waals surface area contributed by atoms with Crippen molar-refractivity contribution in [2.75, 3.05) is 26.8 Å². The van der Waals surface area contributed by atoms with Crippen LogP contribution in [0.5, 0.6) is 5.88 Å². The first kappa shape index (κ1) is 27.5. The van der Waals surface area contributed by atoms with Crippen molar-refractivity contribution in [3.63, 3.8) is 0 Å². The number of imidazole rings is 1. The van der Waals surface area contributed by atoms with E-state index in [1.807, 2.05) is 0 Å². The first-order chi connectivity index (χ1) is 19.9. The molecule has 1 N–H and O–H groups in total. The van der Waals surface area contributed by atoms with Crippen molar-refractivity contribution in [3.8, 4) is 5.88 Å². The number of pyridine rings is 1. The third-order valence-corrected chi connectivity index (χ3v) is 7.80. The fraction of sp³-hybridized carbons (Fsp3) is 0.414. The number of piperidine rings is 1. The van der Waals surface area contributed by atoms with Gasteiger partial charge >= 0.3 is 0 Å². The molecule has 4 aromatic rings. The van der Waals surface area contributed by atoms with Crippen LogP contribution >= 0.6 is 11.6 Å². The monoisotopic (exact) mass is 579 g/mol. The van der Waals surface area contributed by atoms with Crippen molar-refractivity contribution in [3.05, 3.63) is 76.5 Å². The molecule has 0 amide bonds. The average Bonchev–Trinajstić information content (AvgIpc) is 3.29. The molecule has 0 radical (unpaired) electrons. The summed E-state index contributed by atoms with van der Waals surface area (Å²) in [6.45, 7) is 3.90. The molecular formula is C29H31ClFN7O3. The van der Waals surface area contributed by atoms with Gasteiger partial charge in [0, 0.05) is 43.4 Å². The van der Waals surface area contributed by atoms with Crippen LogP contribution in [0.15, 0.2) is 42.7 Å². The van der Waals surface area contributed by atoms with Gasteiger partial charge in [0.25, 0.3) is 0 Å². The van der Waals surface area contributed by atoms with Crippen molar-refractivity contribution in [1.82, 2.24) is 29.4 Å². The highest BCUT2D eigenvalue weighted by Crippen LogP contribution is 2.25. The van der Waals surface area contributed by atoms with Gasteiger partial charge < -0.3 is 18.8 Å². The molecule has 0 unspecified atom stereocenters. The minimum Gasteiger partial charge on any atom is -0.480 e. The lowest BCUT2D eigenvalue weighted by atomic mass is 10.1. The van der Waals surface area contributed by atoms with Gasteiger partial charge in [0.15, 0.2) is 0 Å². The van der Waals surface area contributed by atoms with Gasteiger partial charge in [0.05, 0.1) is 43.5 Å². The summed E-state index contributed by atoms with van der Waals surface area (Å²) in [5.41, 5.74) is 2.67. The van der Waals surface area contributed by atoms with Crippen molar-refractivity contribution in [2.45, 2.75) is 51.0 Å². The number of ether oxygens (including phenoxy) is 3. The van der Waals surface area contributed by atoms with Crippen LogP contribution in [-0.4, -0.2) is 74.3 Å². The number of rotatable bonds is 9. The van der Waals surface area contributed by atoms with Crippen LogP contribution in [0.2, 0.25) is 5.02 Å². The highest BCUT2D eigenvalue weighted by Gasteiger charge is 2.26. The molecule has 12 heteroatoms. The van der Waals surface area contributed by atoms with E-state index < -0.39 is 0 Å². The number of hydrogen-bond acceptors (Lipinski definition) is 9. The van der Waals surface area contributed by atoms with Gasteiger partial charge in [-0.1, -0.05) is 17.7 Å². The van der Waals surface area contributed by atoms with Crippen molar-refractivity contribution in [1.29, 1.82) is 5.41 Å². The first-order valence-electron chi connectivity index (χ1n) is 13.7. The van der Waals surface area contributed by atoms with Crippen molar-refractivity contribution < 1.29 is 18.6 Å². The van der Waals surface area contributed by atoms with Gasteiger partial charge in [0.2, 0.25) is 11.8 Å². The number of methoxy groups -OCH3 is 1. The molecule has 214 valence electrons. The second-order valence-electron chi connectivity index (χ2n) is 10.3. The summed E-state index contributed by atoms with van der Waals surface area (Å²) < 4.78 is 33.4. The molecule has 5 heterocycles. The molecule has 3 aromatic heterocycles. The Morgan fingerprint density at radius 3 is 2.71 bits per heavy atom. The Labute approximate surface area is 242 Å². The second-order valence-corrected chi connectivity index (χ2v) is 10.8. The van der Waals surface area contributed by atoms with E-state index in [9.17, 15) is 4.39 Å². The zero-order valence-electron chi connectivity index (χ0n) is 22.7. The molecule has 10 nitrogen and oxygen atoms in total. The molecule has 2 aliphatic heterocycles. The standard InChI is InChI=1S/C29H31ClFN7O3/c1-39-29(32)24-14-23-25(15-34-24)38(16-21-7-11-40-21)27(35-23)17-37-9-5-20(6-10-37)41-28-4-8-33-26(36-28)12-18-2-3-19(30)13-22(18)31/h2-4,8,13-15,20-21,32H,5-7,9-12,16-17H2,1H3/t21-/m0/s1. The van der Waals surface area contributed by atoms with E-state index in [0.717, 1.165) is 62.4 Å². The molecule has 0 aliphatic carbocycles. The van der Waals surface area contributed by atoms with Crippen LogP contribution in [0.4, 0.5) is 4.39 Å². The number of hydrogen-bond donors (Lipinski definition) is 1. The van der Waals surface area contributed by atoms with Crippen LogP contribution in [0.3, 0.4) is 0 Å². The number of nitrogens with zero attached hydrogens (tertiary/aromatic N) is 6. The molecule has 6 rings (SSSR count). The van der Waals surface area contributed by atoms with Gasteiger partial charge in [-0.25, -0.2) is 19.3 Å². The molecule has 2 saturated heterocycles. The summed E-state index contributed by atoms with van der Waals surface area (Å²) >= 11 is 5.87. The summed E-state index contributed by atoms with van der Waals surface area (Å²) in [7, 11) is 1.46. The van der Waals surface area contributed by atoms with Gasteiger partial charge in [0.1, 0.15) is 29.3 Å². The zero-order valence-corrected chi connectivity index (χ0v) is 23.5. The summed E-state index contributed by atoms with van der Waals surface area (Å²) in [5.74, 6) is 1.58. The van der Waals surface area contributed by atoms with Gasteiger partial charge in [-0.2, -0.15) is 4.98 Å². The maximum Gasteiger partial charge on any atom is 0.232 e. The lowest BCUT2D eigenvalue weighted by molar-refractivity contribution is -0.0592. The van der Waals surface area contributed by atoms with Gasteiger partial charge in [-0.05, 0) is 43.0 Å². The van der Waals surface area contributed by atoms with Crippen LogP contribution in [0, 0.1) is 11.2 Å². The lowest BCUT2D eigenvalue weighted by Gasteiger charge is -2.32. The normalized spacial score (nSPS) is 17.9. The Balaban J connectivity index is 1.09. The molecule has 1 atom stereocenters. The molecule has 2 aliphatic rings. The highest BCUT2D eigenvalue weighted by molar-refractivity contribution is 6.30.